The first-order valence-corrected chi connectivity index (χ1v) is 10.4. The number of benzene rings is 2. The fraction of sp³-hybridized carbons (Fsp3) is 0.208. The number of allylic oxidation sites excluding steroid dienone is 1. The maximum atomic E-state index is 13.1. The van der Waals surface area contributed by atoms with Gasteiger partial charge in [-0.25, -0.2) is 4.79 Å². The van der Waals surface area contributed by atoms with Gasteiger partial charge in [-0.15, -0.1) is 0 Å². The number of hydrogen-bond donors (Lipinski definition) is 0. The number of para-hydroxylation sites is 1. The van der Waals surface area contributed by atoms with E-state index in [0.717, 1.165) is 22.8 Å². The van der Waals surface area contributed by atoms with E-state index in [9.17, 15) is 9.59 Å². The zero-order valence-electron chi connectivity index (χ0n) is 18.0. The van der Waals surface area contributed by atoms with Crippen molar-refractivity contribution in [2.24, 2.45) is 7.05 Å². The zero-order chi connectivity index (χ0) is 22.4. The number of fused-ring (bicyclic) bond motifs is 3. The molecule has 32 heavy (non-hydrogen) atoms. The molecule has 0 N–H and O–H groups in total. The molecule has 0 aliphatic carbocycles. The molecule has 2 aromatic heterocycles. The summed E-state index contributed by atoms with van der Waals surface area (Å²) in [5.74, 6) is 2.16. The van der Waals surface area contributed by atoms with E-state index in [1.54, 1.807) is 14.0 Å². The fourth-order valence-electron chi connectivity index (χ4n) is 4.05. The quantitative estimate of drug-likeness (QED) is 0.455. The van der Waals surface area contributed by atoms with Gasteiger partial charge in [0.2, 0.25) is 5.95 Å². The van der Waals surface area contributed by atoms with Crippen molar-refractivity contribution < 1.29 is 4.74 Å². The van der Waals surface area contributed by atoms with Gasteiger partial charge in [0.1, 0.15) is 11.5 Å². The van der Waals surface area contributed by atoms with Crippen LogP contribution in [0.1, 0.15) is 6.92 Å². The third kappa shape index (κ3) is 3.20. The van der Waals surface area contributed by atoms with Crippen LogP contribution in [-0.4, -0.2) is 25.2 Å². The molecular formula is C24H23N5O3. The van der Waals surface area contributed by atoms with Gasteiger partial charge in [0, 0.05) is 25.8 Å². The summed E-state index contributed by atoms with van der Waals surface area (Å²) in [7, 11) is 1.64. The van der Waals surface area contributed by atoms with E-state index in [0.29, 0.717) is 30.2 Å². The van der Waals surface area contributed by atoms with Crippen LogP contribution in [0.4, 0.5) is 11.6 Å². The second-order valence-corrected chi connectivity index (χ2v) is 7.99. The van der Waals surface area contributed by atoms with Gasteiger partial charge < -0.3 is 14.2 Å². The molecule has 0 fully saturated rings. The molecule has 0 radical (unpaired) electrons. The van der Waals surface area contributed by atoms with Crippen molar-refractivity contribution >= 4 is 22.8 Å². The Kier molecular flexibility index (Phi) is 4.70. The molecule has 1 aliphatic heterocycles. The zero-order valence-corrected chi connectivity index (χ0v) is 18.0. The SMILES string of the molecule is C=C(C)Cn1c(=O)c2c(nc3n2CCN3c2ccc(Oc3ccccc3)cc2)n(C)c1=O. The largest absolute Gasteiger partial charge is 0.457 e. The predicted octanol–water partition coefficient (Wildman–Crippen LogP) is 3.42. The van der Waals surface area contributed by atoms with Crippen molar-refractivity contribution in [2.45, 2.75) is 20.0 Å². The lowest BCUT2D eigenvalue weighted by Crippen LogP contribution is -2.39. The van der Waals surface area contributed by atoms with E-state index in [-0.39, 0.29) is 12.1 Å². The molecule has 0 amide bonds. The average Bonchev–Trinajstić information content (AvgIpc) is 3.36. The highest BCUT2D eigenvalue weighted by Gasteiger charge is 2.28. The lowest BCUT2D eigenvalue weighted by atomic mass is 10.2. The van der Waals surface area contributed by atoms with Gasteiger partial charge in [0.05, 0.1) is 6.54 Å². The first-order chi connectivity index (χ1) is 15.4. The van der Waals surface area contributed by atoms with Gasteiger partial charge in [0.15, 0.2) is 11.2 Å². The summed E-state index contributed by atoms with van der Waals surface area (Å²) < 4.78 is 10.4. The Hall–Kier alpha value is -4.07. The minimum absolute atomic E-state index is 0.189. The standard InChI is InChI=1S/C24H23N5O3/c1-16(2)15-29-22(30)20-21(26(3)24(29)31)25-23-27(13-14-28(20)23)17-9-11-19(12-10-17)32-18-7-5-4-6-8-18/h4-12H,1,13-15H2,2-3H3. The minimum Gasteiger partial charge on any atom is -0.457 e. The molecule has 0 spiro atoms. The van der Waals surface area contributed by atoms with Crippen LogP contribution in [0.2, 0.25) is 0 Å². The van der Waals surface area contributed by atoms with E-state index in [4.69, 9.17) is 4.74 Å². The lowest BCUT2D eigenvalue weighted by molar-refractivity contribution is 0.482. The van der Waals surface area contributed by atoms with Crippen LogP contribution in [0.5, 0.6) is 11.5 Å². The first-order valence-electron chi connectivity index (χ1n) is 10.4. The summed E-state index contributed by atoms with van der Waals surface area (Å²) in [6.45, 7) is 7.11. The van der Waals surface area contributed by atoms with Gasteiger partial charge >= 0.3 is 5.69 Å². The molecule has 8 heteroatoms. The Morgan fingerprint density at radius 1 is 1.03 bits per heavy atom. The maximum Gasteiger partial charge on any atom is 0.332 e. The van der Waals surface area contributed by atoms with E-state index in [1.165, 1.54) is 9.13 Å². The van der Waals surface area contributed by atoms with Crippen molar-refractivity contribution in [3.8, 4) is 11.5 Å². The van der Waals surface area contributed by atoms with Crippen LogP contribution in [0.3, 0.4) is 0 Å². The topological polar surface area (TPSA) is 74.3 Å². The molecule has 1 aliphatic rings. The second kappa shape index (κ2) is 7.56. The highest BCUT2D eigenvalue weighted by atomic mass is 16.5. The van der Waals surface area contributed by atoms with Crippen LogP contribution in [0.15, 0.2) is 76.3 Å². The summed E-state index contributed by atoms with van der Waals surface area (Å²) in [5, 5.41) is 0. The number of ether oxygens (including phenoxy) is 1. The third-order valence-corrected chi connectivity index (χ3v) is 5.56. The van der Waals surface area contributed by atoms with Gasteiger partial charge in [-0.05, 0) is 43.3 Å². The fourth-order valence-corrected chi connectivity index (χ4v) is 4.05. The number of aryl methyl sites for hydroxylation is 1. The molecule has 8 nitrogen and oxygen atoms in total. The summed E-state index contributed by atoms with van der Waals surface area (Å²) in [6, 6.07) is 17.3. The van der Waals surface area contributed by atoms with Crippen LogP contribution in [0.25, 0.3) is 11.2 Å². The number of rotatable bonds is 5. The molecule has 2 aromatic carbocycles. The maximum absolute atomic E-state index is 13.1. The van der Waals surface area contributed by atoms with E-state index >= 15 is 0 Å². The molecule has 4 aromatic rings. The van der Waals surface area contributed by atoms with Gasteiger partial charge in [0.25, 0.3) is 5.56 Å². The van der Waals surface area contributed by atoms with Crippen LogP contribution >= 0.6 is 0 Å². The Bertz CT molecular complexity index is 1450. The first kappa shape index (κ1) is 19.9. The molecule has 0 bridgehead atoms. The Morgan fingerprint density at radius 3 is 2.41 bits per heavy atom. The molecule has 0 unspecified atom stereocenters. The molecule has 162 valence electrons. The molecular weight excluding hydrogens is 406 g/mol. The van der Waals surface area contributed by atoms with Crippen LogP contribution in [-0.2, 0) is 20.1 Å². The number of aromatic nitrogens is 4. The highest BCUT2D eigenvalue weighted by Crippen LogP contribution is 2.33. The van der Waals surface area contributed by atoms with E-state index < -0.39 is 5.69 Å². The molecule has 5 rings (SSSR count). The monoisotopic (exact) mass is 429 g/mol. The van der Waals surface area contributed by atoms with E-state index in [2.05, 4.69) is 11.6 Å². The van der Waals surface area contributed by atoms with Crippen molar-refractivity contribution in [3.05, 3.63) is 87.6 Å². The summed E-state index contributed by atoms with van der Waals surface area (Å²) in [4.78, 5) is 32.6. The minimum atomic E-state index is -0.392. The lowest BCUT2D eigenvalue weighted by Gasteiger charge is -2.16. The van der Waals surface area contributed by atoms with Crippen LogP contribution in [0, 0.1) is 0 Å². The van der Waals surface area contributed by atoms with Crippen LogP contribution < -0.4 is 20.9 Å². The van der Waals surface area contributed by atoms with Crippen molar-refractivity contribution in [2.75, 3.05) is 11.4 Å². The average molecular weight is 429 g/mol. The molecule has 0 saturated heterocycles. The summed E-state index contributed by atoms with van der Waals surface area (Å²) in [5.41, 5.74) is 1.78. The van der Waals surface area contributed by atoms with Gasteiger partial charge in [-0.1, -0.05) is 30.4 Å². The second-order valence-electron chi connectivity index (χ2n) is 7.99. The summed E-state index contributed by atoms with van der Waals surface area (Å²) >= 11 is 0. The molecule has 0 atom stereocenters. The highest BCUT2D eigenvalue weighted by molar-refractivity contribution is 5.77. The van der Waals surface area contributed by atoms with Gasteiger partial charge in [-0.2, -0.15) is 4.98 Å². The Balaban J connectivity index is 1.53. The smallest absolute Gasteiger partial charge is 0.332 e. The number of hydrogen-bond acceptors (Lipinski definition) is 5. The Morgan fingerprint density at radius 2 is 1.72 bits per heavy atom. The normalized spacial score (nSPS) is 12.9. The van der Waals surface area contributed by atoms with Crippen molar-refractivity contribution in [1.29, 1.82) is 0 Å². The van der Waals surface area contributed by atoms with Gasteiger partial charge in [-0.3, -0.25) is 13.9 Å². The van der Waals surface area contributed by atoms with E-state index in [1.807, 2.05) is 64.1 Å². The number of nitrogens with zero attached hydrogens (tertiary/aromatic N) is 5. The molecule has 0 saturated carbocycles. The Labute approximate surface area is 184 Å². The number of anilines is 2. The predicted molar refractivity (Wildman–Crippen MR) is 124 cm³/mol. The summed E-state index contributed by atoms with van der Waals surface area (Å²) in [6.07, 6.45) is 0. The van der Waals surface area contributed by atoms with Crippen molar-refractivity contribution in [3.63, 3.8) is 0 Å². The molecule has 3 heterocycles. The van der Waals surface area contributed by atoms with Crippen molar-refractivity contribution in [1.82, 2.24) is 18.7 Å². The third-order valence-electron chi connectivity index (χ3n) is 5.56. The number of imidazole rings is 1.